The third-order valence-corrected chi connectivity index (χ3v) is 4.21. The number of halogens is 1. The lowest BCUT2D eigenvalue weighted by atomic mass is 9.97. The van der Waals surface area contributed by atoms with Crippen LogP contribution < -0.4 is 14.8 Å². The molecular formula is C17H20BrNO2. The second-order valence-electron chi connectivity index (χ2n) is 4.86. The predicted octanol–water partition coefficient (Wildman–Crippen LogP) is 4.08. The summed E-state index contributed by atoms with van der Waals surface area (Å²) >= 11 is 3.64. The Balaban J connectivity index is 2.48. The molecule has 0 heterocycles. The van der Waals surface area contributed by atoms with Crippen molar-refractivity contribution in [3.8, 4) is 11.5 Å². The van der Waals surface area contributed by atoms with Crippen LogP contribution in [0.15, 0.2) is 40.9 Å². The molecule has 0 spiro atoms. The van der Waals surface area contributed by atoms with E-state index in [0.29, 0.717) is 0 Å². The minimum Gasteiger partial charge on any atom is -0.493 e. The standard InChI is InChI=1S/C17H20BrNO2/c1-11-5-7-14(18)13(9-11)17(19-2)12-6-8-15(20-3)16(10-12)21-4/h5-10,17,19H,1-4H3. The van der Waals surface area contributed by atoms with E-state index in [1.807, 2.05) is 19.2 Å². The van der Waals surface area contributed by atoms with Crippen LogP contribution in [-0.2, 0) is 0 Å². The molecule has 0 amide bonds. The minimum atomic E-state index is 0.0825. The molecule has 21 heavy (non-hydrogen) atoms. The smallest absolute Gasteiger partial charge is 0.161 e. The first-order valence-electron chi connectivity index (χ1n) is 6.76. The summed E-state index contributed by atoms with van der Waals surface area (Å²) in [6.07, 6.45) is 0. The fourth-order valence-corrected chi connectivity index (χ4v) is 2.89. The second-order valence-corrected chi connectivity index (χ2v) is 5.72. The van der Waals surface area contributed by atoms with Gasteiger partial charge in [-0.3, -0.25) is 0 Å². The molecule has 0 aliphatic carbocycles. The van der Waals surface area contributed by atoms with Crippen LogP contribution in [-0.4, -0.2) is 21.3 Å². The molecule has 0 saturated carbocycles. The zero-order valence-corrected chi connectivity index (χ0v) is 14.3. The van der Waals surface area contributed by atoms with Gasteiger partial charge in [0, 0.05) is 4.47 Å². The highest BCUT2D eigenvalue weighted by atomic mass is 79.9. The SMILES string of the molecule is CNC(c1ccc(OC)c(OC)c1)c1cc(C)ccc1Br. The Bertz CT molecular complexity index is 628. The van der Waals surface area contributed by atoms with E-state index < -0.39 is 0 Å². The molecule has 2 aromatic rings. The van der Waals surface area contributed by atoms with Gasteiger partial charge in [0.1, 0.15) is 0 Å². The summed E-state index contributed by atoms with van der Waals surface area (Å²) in [5.41, 5.74) is 3.56. The molecule has 0 aliphatic heterocycles. The van der Waals surface area contributed by atoms with Crippen molar-refractivity contribution in [2.24, 2.45) is 0 Å². The Labute approximate surface area is 134 Å². The average molecular weight is 350 g/mol. The first kappa shape index (κ1) is 15.9. The van der Waals surface area contributed by atoms with Crippen LogP contribution >= 0.6 is 15.9 Å². The zero-order valence-electron chi connectivity index (χ0n) is 12.7. The van der Waals surface area contributed by atoms with Crippen molar-refractivity contribution in [1.82, 2.24) is 5.32 Å². The molecule has 0 fully saturated rings. The van der Waals surface area contributed by atoms with Crippen LogP contribution in [0.5, 0.6) is 11.5 Å². The summed E-state index contributed by atoms with van der Waals surface area (Å²) in [6.45, 7) is 2.09. The first-order chi connectivity index (χ1) is 10.1. The zero-order chi connectivity index (χ0) is 15.4. The molecule has 4 heteroatoms. The van der Waals surface area contributed by atoms with E-state index in [4.69, 9.17) is 9.47 Å². The molecule has 1 unspecified atom stereocenters. The number of methoxy groups -OCH3 is 2. The molecule has 1 atom stereocenters. The highest BCUT2D eigenvalue weighted by Gasteiger charge is 2.17. The lowest BCUT2D eigenvalue weighted by molar-refractivity contribution is 0.354. The number of ether oxygens (including phenoxy) is 2. The summed E-state index contributed by atoms with van der Waals surface area (Å²) in [4.78, 5) is 0. The molecule has 112 valence electrons. The van der Waals surface area contributed by atoms with Gasteiger partial charge in [0.15, 0.2) is 11.5 Å². The number of benzene rings is 2. The van der Waals surface area contributed by atoms with Gasteiger partial charge in [-0.25, -0.2) is 0 Å². The summed E-state index contributed by atoms with van der Waals surface area (Å²) in [6, 6.07) is 12.4. The van der Waals surface area contributed by atoms with E-state index in [1.54, 1.807) is 14.2 Å². The number of hydrogen-bond acceptors (Lipinski definition) is 3. The molecule has 2 rings (SSSR count). The summed E-state index contributed by atoms with van der Waals surface area (Å²) in [7, 11) is 5.25. The summed E-state index contributed by atoms with van der Waals surface area (Å²) in [5, 5.41) is 3.37. The van der Waals surface area contributed by atoms with Gasteiger partial charge in [0.2, 0.25) is 0 Å². The van der Waals surface area contributed by atoms with Gasteiger partial charge in [0.25, 0.3) is 0 Å². The maximum atomic E-state index is 5.40. The third-order valence-electron chi connectivity index (χ3n) is 3.49. The molecule has 3 nitrogen and oxygen atoms in total. The number of hydrogen-bond donors (Lipinski definition) is 1. The largest absolute Gasteiger partial charge is 0.493 e. The molecule has 2 aromatic carbocycles. The Morgan fingerprint density at radius 2 is 1.71 bits per heavy atom. The number of nitrogens with one attached hydrogen (secondary N) is 1. The molecule has 0 radical (unpaired) electrons. The minimum absolute atomic E-state index is 0.0825. The fourth-order valence-electron chi connectivity index (χ4n) is 2.42. The highest BCUT2D eigenvalue weighted by Crippen LogP contribution is 2.34. The fraction of sp³-hybridized carbons (Fsp3) is 0.294. The lowest BCUT2D eigenvalue weighted by Crippen LogP contribution is -2.18. The van der Waals surface area contributed by atoms with E-state index in [9.17, 15) is 0 Å². The van der Waals surface area contributed by atoms with Gasteiger partial charge < -0.3 is 14.8 Å². The van der Waals surface area contributed by atoms with Crippen LogP contribution in [0.25, 0.3) is 0 Å². The molecule has 0 bridgehead atoms. The predicted molar refractivity (Wildman–Crippen MR) is 89.3 cm³/mol. The van der Waals surface area contributed by atoms with E-state index in [0.717, 1.165) is 21.5 Å². The van der Waals surface area contributed by atoms with Crippen LogP contribution in [0.3, 0.4) is 0 Å². The van der Waals surface area contributed by atoms with Crippen molar-refractivity contribution in [1.29, 1.82) is 0 Å². The van der Waals surface area contributed by atoms with Crippen LogP contribution in [0, 0.1) is 6.92 Å². The molecule has 1 N–H and O–H groups in total. The number of aryl methyl sites for hydroxylation is 1. The Hall–Kier alpha value is -1.52. The van der Waals surface area contributed by atoms with Gasteiger partial charge in [-0.05, 0) is 43.3 Å². The molecule has 0 aliphatic rings. The quantitative estimate of drug-likeness (QED) is 0.881. The van der Waals surface area contributed by atoms with E-state index in [-0.39, 0.29) is 6.04 Å². The Kier molecular flexibility index (Phi) is 5.26. The topological polar surface area (TPSA) is 30.5 Å². The molecule has 0 saturated heterocycles. The van der Waals surface area contributed by atoms with Crippen molar-refractivity contribution in [3.63, 3.8) is 0 Å². The monoisotopic (exact) mass is 349 g/mol. The number of rotatable bonds is 5. The van der Waals surface area contributed by atoms with Crippen LogP contribution in [0.4, 0.5) is 0 Å². The molecular weight excluding hydrogens is 330 g/mol. The van der Waals surface area contributed by atoms with Crippen LogP contribution in [0.1, 0.15) is 22.7 Å². The maximum absolute atomic E-state index is 5.40. The van der Waals surface area contributed by atoms with E-state index in [1.165, 1.54) is 11.1 Å². The van der Waals surface area contributed by atoms with Gasteiger partial charge in [-0.2, -0.15) is 0 Å². The normalized spacial score (nSPS) is 12.0. The van der Waals surface area contributed by atoms with Gasteiger partial charge in [-0.1, -0.05) is 39.7 Å². The Morgan fingerprint density at radius 1 is 1.00 bits per heavy atom. The van der Waals surface area contributed by atoms with Crippen molar-refractivity contribution in [2.75, 3.05) is 21.3 Å². The second kappa shape index (κ2) is 6.96. The van der Waals surface area contributed by atoms with Crippen molar-refractivity contribution in [2.45, 2.75) is 13.0 Å². The maximum Gasteiger partial charge on any atom is 0.161 e. The first-order valence-corrected chi connectivity index (χ1v) is 7.55. The van der Waals surface area contributed by atoms with E-state index >= 15 is 0 Å². The highest BCUT2D eigenvalue weighted by molar-refractivity contribution is 9.10. The van der Waals surface area contributed by atoms with Gasteiger partial charge in [-0.15, -0.1) is 0 Å². The van der Waals surface area contributed by atoms with Crippen molar-refractivity contribution >= 4 is 15.9 Å². The third kappa shape index (κ3) is 3.39. The van der Waals surface area contributed by atoms with Crippen molar-refractivity contribution < 1.29 is 9.47 Å². The summed E-state index contributed by atoms with van der Waals surface area (Å²) < 4.78 is 11.8. The van der Waals surface area contributed by atoms with Gasteiger partial charge in [0.05, 0.1) is 20.3 Å². The lowest BCUT2D eigenvalue weighted by Gasteiger charge is -2.20. The Morgan fingerprint density at radius 3 is 2.33 bits per heavy atom. The van der Waals surface area contributed by atoms with Crippen LogP contribution in [0.2, 0.25) is 0 Å². The van der Waals surface area contributed by atoms with Crippen molar-refractivity contribution in [3.05, 3.63) is 57.6 Å². The molecule has 0 aromatic heterocycles. The average Bonchev–Trinajstić information content (AvgIpc) is 2.51. The summed E-state index contributed by atoms with van der Waals surface area (Å²) in [5.74, 6) is 1.47. The van der Waals surface area contributed by atoms with Gasteiger partial charge >= 0.3 is 0 Å². The van der Waals surface area contributed by atoms with E-state index in [2.05, 4.69) is 52.4 Å².